The molecule has 2 aliphatic heterocycles. The normalized spacial score (nSPS) is 18.3. The minimum absolute atomic E-state index is 0.0275. The summed E-state index contributed by atoms with van der Waals surface area (Å²) in [5.41, 5.74) is 1.47. The summed E-state index contributed by atoms with van der Waals surface area (Å²) < 4.78 is 39.5. The molecule has 2 saturated heterocycles. The van der Waals surface area contributed by atoms with Crippen LogP contribution in [0.2, 0.25) is 0 Å². The number of benzene rings is 2. The van der Waals surface area contributed by atoms with Crippen molar-refractivity contribution in [3.63, 3.8) is 0 Å². The Morgan fingerprint density at radius 3 is 2.58 bits per heavy atom. The lowest BCUT2D eigenvalue weighted by Gasteiger charge is -2.37. The molecule has 0 aliphatic carbocycles. The van der Waals surface area contributed by atoms with E-state index in [4.69, 9.17) is 9.97 Å². The van der Waals surface area contributed by atoms with Gasteiger partial charge in [0.25, 0.3) is 5.56 Å². The number of nitrogens with zero attached hydrogens (tertiary/aromatic N) is 4. The van der Waals surface area contributed by atoms with Crippen molar-refractivity contribution in [3.05, 3.63) is 58.6 Å². The highest BCUT2D eigenvalue weighted by Crippen LogP contribution is 2.33. The van der Waals surface area contributed by atoms with Gasteiger partial charge in [0.2, 0.25) is 5.95 Å². The summed E-state index contributed by atoms with van der Waals surface area (Å²) in [5, 5.41) is 7.52. The first-order valence-electron chi connectivity index (χ1n) is 13.2. The molecule has 6 rings (SSSR count). The number of sulfone groups is 1. The molecule has 0 saturated carbocycles. The second kappa shape index (κ2) is 10.8. The van der Waals surface area contributed by atoms with Crippen LogP contribution < -0.4 is 26.0 Å². The number of nitrogens with one attached hydrogen (secondary N) is 3. The molecule has 0 spiro atoms. The molecule has 1 atom stereocenters. The standard InChI is InChI=1S/C27H30FN7O3S2/c1-40(37,38)22-15-17(28)8-9-20(22)34-11-13-35(14-12-34)27-32-24(30-18-5-4-10-29-16-18)23(25(36)33-27)26-31-19-6-2-3-7-21(19)39-26/h2-3,6-9,15,18,29H,4-5,10-14,16H2,1H3,(H2,30,32,33,36)/t18-/m1/s1. The Labute approximate surface area is 235 Å². The van der Waals surface area contributed by atoms with Gasteiger partial charge in [0, 0.05) is 45.0 Å². The molecule has 2 aromatic carbocycles. The van der Waals surface area contributed by atoms with Gasteiger partial charge in [-0.25, -0.2) is 17.8 Å². The second-order valence-electron chi connectivity index (χ2n) is 10.1. The molecule has 0 bridgehead atoms. The maximum absolute atomic E-state index is 13.8. The minimum atomic E-state index is -3.61. The Kier molecular flexibility index (Phi) is 7.19. The molecule has 4 aromatic rings. The summed E-state index contributed by atoms with van der Waals surface area (Å²) in [5.74, 6) is 0.362. The molecule has 10 nitrogen and oxygen atoms in total. The van der Waals surface area contributed by atoms with E-state index in [9.17, 15) is 17.6 Å². The van der Waals surface area contributed by atoms with Gasteiger partial charge in [0.1, 0.15) is 22.2 Å². The summed E-state index contributed by atoms with van der Waals surface area (Å²) >= 11 is 1.46. The first-order valence-corrected chi connectivity index (χ1v) is 15.9. The summed E-state index contributed by atoms with van der Waals surface area (Å²) in [4.78, 5) is 30.0. The number of anilines is 3. The zero-order valence-electron chi connectivity index (χ0n) is 22.0. The lowest BCUT2D eigenvalue weighted by Crippen LogP contribution is -2.48. The maximum Gasteiger partial charge on any atom is 0.264 e. The highest BCUT2D eigenvalue weighted by molar-refractivity contribution is 7.90. The number of hydrogen-bond donors (Lipinski definition) is 3. The molecule has 13 heteroatoms. The number of piperazine rings is 1. The van der Waals surface area contributed by atoms with Crippen molar-refractivity contribution in [1.29, 1.82) is 0 Å². The van der Waals surface area contributed by atoms with Gasteiger partial charge in [-0.2, -0.15) is 4.98 Å². The van der Waals surface area contributed by atoms with E-state index >= 15 is 0 Å². The van der Waals surface area contributed by atoms with E-state index in [0.29, 0.717) is 54.2 Å². The minimum Gasteiger partial charge on any atom is -0.367 e. The van der Waals surface area contributed by atoms with Gasteiger partial charge in [-0.3, -0.25) is 9.78 Å². The molecular weight excluding hydrogens is 553 g/mol. The van der Waals surface area contributed by atoms with Crippen LogP contribution in [0.5, 0.6) is 0 Å². The van der Waals surface area contributed by atoms with Gasteiger partial charge >= 0.3 is 0 Å². The van der Waals surface area contributed by atoms with Gasteiger partial charge < -0.3 is 20.4 Å². The second-order valence-corrected chi connectivity index (χ2v) is 13.2. The molecule has 3 N–H and O–H groups in total. The Balaban J connectivity index is 1.30. The summed E-state index contributed by atoms with van der Waals surface area (Å²) in [6.07, 6.45) is 3.08. The fourth-order valence-electron chi connectivity index (χ4n) is 5.27. The number of aromatic nitrogens is 3. The van der Waals surface area contributed by atoms with Gasteiger partial charge in [-0.05, 0) is 49.7 Å². The molecular formula is C27H30FN7O3S2. The zero-order chi connectivity index (χ0) is 27.9. The molecule has 0 radical (unpaired) electrons. The molecule has 210 valence electrons. The SMILES string of the molecule is CS(=O)(=O)c1cc(F)ccc1N1CCN(c2nc(N[C@@H]3CCCNC3)c(-c3nc4ccccc4s3)c(=O)[nH]2)CC1. The van der Waals surface area contributed by atoms with Crippen molar-refractivity contribution >= 4 is 48.8 Å². The van der Waals surface area contributed by atoms with Crippen LogP contribution in [0.3, 0.4) is 0 Å². The molecule has 0 unspecified atom stereocenters. The van der Waals surface area contributed by atoms with Crippen LogP contribution in [0.4, 0.5) is 21.8 Å². The molecule has 4 heterocycles. The highest BCUT2D eigenvalue weighted by atomic mass is 32.2. The van der Waals surface area contributed by atoms with Crippen LogP contribution in [0.25, 0.3) is 20.8 Å². The van der Waals surface area contributed by atoms with Crippen molar-refractivity contribution < 1.29 is 12.8 Å². The summed E-state index contributed by atoms with van der Waals surface area (Å²) in [7, 11) is -3.61. The van der Waals surface area contributed by atoms with E-state index in [1.807, 2.05) is 34.1 Å². The molecule has 2 aromatic heterocycles. The van der Waals surface area contributed by atoms with Crippen LogP contribution in [-0.4, -0.2) is 74.9 Å². The Morgan fingerprint density at radius 2 is 1.85 bits per heavy atom. The lowest BCUT2D eigenvalue weighted by molar-refractivity contribution is 0.479. The van der Waals surface area contributed by atoms with Gasteiger partial charge in [-0.1, -0.05) is 12.1 Å². The Bertz CT molecular complexity index is 1680. The number of H-pyrrole nitrogens is 1. The van der Waals surface area contributed by atoms with Crippen LogP contribution >= 0.6 is 11.3 Å². The molecule has 40 heavy (non-hydrogen) atoms. The van der Waals surface area contributed by atoms with Gasteiger partial charge in [0.05, 0.1) is 20.8 Å². The third kappa shape index (κ3) is 5.40. The number of fused-ring (bicyclic) bond motifs is 1. The smallest absolute Gasteiger partial charge is 0.264 e. The summed E-state index contributed by atoms with van der Waals surface area (Å²) in [6, 6.07) is 11.8. The quantitative estimate of drug-likeness (QED) is 0.314. The number of halogens is 1. The van der Waals surface area contributed by atoms with Crippen molar-refractivity contribution in [3.8, 4) is 10.6 Å². The van der Waals surface area contributed by atoms with E-state index in [2.05, 4.69) is 15.6 Å². The Morgan fingerprint density at radius 1 is 1.07 bits per heavy atom. The van der Waals surface area contributed by atoms with Crippen molar-refractivity contribution in [2.45, 2.75) is 23.8 Å². The van der Waals surface area contributed by atoms with Crippen molar-refractivity contribution in [1.82, 2.24) is 20.3 Å². The Hall–Kier alpha value is -3.55. The number of aromatic amines is 1. The van der Waals surface area contributed by atoms with Crippen molar-refractivity contribution in [2.75, 3.05) is 60.6 Å². The van der Waals surface area contributed by atoms with E-state index in [-0.39, 0.29) is 16.5 Å². The van der Waals surface area contributed by atoms with Crippen molar-refractivity contribution in [2.24, 2.45) is 0 Å². The van der Waals surface area contributed by atoms with E-state index in [1.165, 1.54) is 23.5 Å². The third-order valence-electron chi connectivity index (χ3n) is 7.29. The van der Waals surface area contributed by atoms with E-state index in [1.54, 1.807) is 0 Å². The van der Waals surface area contributed by atoms with Crippen LogP contribution in [0.15, 0.2) is 52.2 Å². The zero-order valence-corrected chi connectivity index (χ0v) is 23.6. The number of para-hydroxylation sites is 1. The fraction of sp³-hybridized carbons (Fsp3) is 0.370. The monoisotopic (exact) mass is 583 g/mol. The number of rotatable bonds is 6. The van der Waals surface area contributed by atoms with E-state index in [0.717, 1.165) is 48.5 Å². The number of hydrogen-bond acceptors (Lipinski definition) is 10. The topological polar surface area (TPSA) is 123 Å². The summed E-state index contributed by atoms with van der Waals surface area (Å²) in [6.45, 7) is 3.70. The average molecular weight is 584 g/mol. The van der Waals surface area contributed by atoms with Gasteiger partial charge in [-0.15, -0.1) is 11.3 Å². The third-order valence-corrected chi connectivity index (χ3v) is 9.47. The molecule has 2 aliphatic rings. The van der Waals surface area contributed by atoms with Crippen LogP contribution in [0, 0.1) is 5.82 Å². The highest BCUT2D eigenvalue weighted by Gasteiger charge is 2.27. The molecule has 0 amide bonds. The predicted octanol–water partition coefficient (Wildman–Crippen LogP) is 3.08. The number of piperidine rings is 1. The predicted molar refractivity (Wildman–Crippen MR) is 157 cm³/mol. The van der Waals surface area contributed by atoms with E-state index < -0.39 is 15.7 Å². The largest absolute Gasteiger partial charge is 0.367 e. The van der Waals surface area contributed by atoms with Gasteiger partial charge in [0.15, 0.2) is 9.84 Å². The average Bonchev–Trinajstić information content (AvgIpc) is 3.37. The number of thiazole rings is 1. The lowest BCUT2D eigenvalue weighted by atomic mass is 10.1. The molecule has 2 fully saturated rings. The van der Waals surface area contributed by atoms with Crippen LogP contribution in [-0.2, 0) is 9.84 Å². The first-order chi connectivity index (χ1) is 19.3. The first kappa shape index (κ1) is 26.7. The maximum atomic E-state index is 13.8. The van der Waals surface area contributed by atoms with Crippen LogP contribution in [0.1, 0.15) is 12.8 Å². The fourth-order valence-corrected chi connectivity index (χ4v) is 7.18.